The fraction of sp³-hybridized carbons (Fsp3) is 0.158. The highest BCUT2D eigenvalue weighted by atomic mass is 16.5. The van der Waals surface area contributed by atoms with Gasteiger partial charge in [0.2, 0.25) is 0 Å². The highest BCUT2D eigenvalue weighted by Crippen LogP contribution is 2.20. The van der Waals surface area contributed by atoms with E-state index in [2.05, 4.69) is 4.74 Å². The first-order chi connectivity index (χ1) is 10.6. The lowest BCUT2D eigenvalue weighted by atomic mass is 9.98. The molecule has 0 aliphatic heterocycles. The first kappa shape index (κ1) is 15.7. The van der Waals surface area contributed by atoms with Crippen molar-refractivity contribution in [3.63, 3.8) is 0 Å². The van der Waals surface area contributed by atoms with E-state index in [0.29, 0.717) is 5.56 Å². The van der Waals surface area contributed by atoms with Gasteiger partial charge in [-0.15, -0.1) is 0 Å². The van der Waals surface area contributed by atoms with Crippen LogP contribution in [0.2, 0.25) is 0 Å². The maximum absolute atomic E-state index is 12.2. The molecule has 3 nitrogen and oxygen atoms in total. The highest BCUT2D eigenvalue weighted by molar-refractivity contribution is 6.08. The fourth-order valence-electron chi connectivity index (χ4n) is 2.19. The first-order valence-corrected chi connectivity index (χ1v) is 7.04. The summed E-state index contributed by atoms with van der Waals surface area (Å²) in [5.41, 5.74) is 3.48. The third-order valence-corrected chi connectivity index (χ3v) is 3.39. The summed E-state index contributed by atoms with van der Waals surface area (Å²) in [6, 6.07) is 17.2. The minimum absolute atomic E-state index is 0.237. The van der Waals surface area contributed by atoms with Crippen molar-refractivity contribution in [2.75, 3.05) is 7.11 Å². The number of methoxy groups -OCH3 is 1. The molecule has 0 saturated heterocycles. The quantitative estimate of drug-likeness (QED) is 0.362. The van der Waals surface area contributed by atoms with E-state index in [4.69, 9.17) is 0 Å². The zero-order chi connectivity index (χ0) is 15.9. The molecule has 2 aromatic rings. The number of esters is 1. The molecule has 112 valence electrons. The van der Waals surface area contributed by atoms with Gasteiger partial charge in [0, 0.05) is 5.56 Å². The number of ether oxygens (including phenoxy) is 1. The molecule has 0 aliphatic carbocycles. The molecule has 0 atom stereocenters. The van der Waals surface area contributed by atoms with Crippen molar-refractivity contribution >= 4 is 23.4 Å². The van der Waals surface area contributed by atoms with E-state index >= 15 is 0 Å². The lowest BCUT2D eigenvalue weighted by molar-refractivity contribution is -0.139. The first-order valence-electron chi connectivity index (χ1n) is 7.04. The monoisotopic (exact) mass is 294 g/mol. The van der Waals surface area contributed by atoms with Gasteiger partial charge in [0.05, 0.1) is 7.11 Å². The maximum atomic E-state index is 12.2. The zero-order valence-corrected chi connectivity index (χ0v) is 12.7. The van der Waals surface area contributed by atoms with Crippen LogP contribution in [0, 0.1) is 0 Å². The molecule has 0 spiro atoms. The molecule has 0 radical (unpaired) electrons. The van der Waals surface area contributed by atoms with Crippen molar-refractivity contribution in [3.8, 4) is 0 Å². The Kier molecular flexibility index (Phi) is 5.26. The molecule has 2 aromatic carbocycles. The van der Waals surface area contributed by atoms with E-state index in [1.54, 1.807) is 12.1 Å². The van der Waals surface area contributed by atoms with Crippen LogP contribution in [0.3, 0.4) is 0 Å². The minimum atomic E-state index is -0.524. The molecule has 2 rings (SSSR count). The van der Waals surface area contributed by atoms with Crippen LogP contribution in [-0.4, -0.2) is 18.9 Å². The number of rotatable bonds is 5. The number of carbonyl (C=O) groups excluding carboxylic acids is 2. The zero-order valence-electron chi connectivity index (χ0n) is 12.7. The molecule has 0 amide bonds. The summed E-state index contributed by atoms with van der Waals surface area (Å²) in [6.45, 7) is 2.00. The van der Waals surface area contributed by atoms with E-state index in [0.717, 1.165) is 16.7 Å². The van der Waals surface area contributed by atoms with E-state index in [-0.39, 0.29) is 12.2 Å². The van der Waals surface area contributed by atoms with Gasteiger partial charge in [-0.1, -0.05) is 60.7 Å². The molecule has 0 aromatic heterocycles. The summed E-state index contributed by atoms with van der Waals surface area (Å²) in [6.07, 6.45) is 1.71. The Morgan fingerprint density at radius 3 is 2.32 bits per heavy atom. The van der Waals surface area contributed by atoms with Crippen molar-refractivity contribution < 1.29 is 14.3 Å². The maximum Gasteiger partial charge on any atom is 0.313 e. The summed E-state index contributed by atoms with van der Waals surface area (Å²) < 4.78 is 4.56. The number of hydrogen-bond donors (Lipinski definition) is 0. The van der Waals surface area contributed by atoms with Crippen LogP contribution >= 0.6 is 0 Å². The van der Waals surface area contributed by atoms with Crippen LogP contribution in [0.25, 0.3) is 11.6 Å². The van der Waals surface area contributed by atoms with Gasteiger partial charge < -0.3 is 4.74 Å². The molecule has 0 unspecified atom stereocenters. The summed E-state index contributed by atoms with van der Waals surface area (Å²) >= 11 is 0. The fourth-order valence-corrected chi connectivity index (χ4v) is 2.19. The Morgan fingerprint density at radius 1 is 1.00 bits per heavy atom. The van der Waals surface area contributed by atoms with Gasteiger partial charge in [-0.2, -0.15) is 0 Å². The predicted molar refractivity (Wildman–Crippen MR) is 87.4 cm³/mol. The van der Waals surface area contributed by atoms with E-state index in [1.165, 1.54) is 7.11 Å². The number of carbonyl (C=O) groups is 2. The van der Waals surface area contributed by atoms with Crippen LogP contribution < -0.4 is 0 Å². The van der Waals surface area contributed by atoms with Crippen LogP contribution in [0.4, 0.5) is 0 Å². The van der Waals surface area contributed by atoms with Gasteiger partial charge >= 0.3 is 5.97 Å². The largest absolute Gasteiger partial charge is 0.469 e. The lowest BCUT2D eigenvalue weighted by Gasteiger charge is -2.07. The number of Topliss-reactive ketones (excluding diaryl/α,β-unsaturated/α-hetero) is 1. The molecule has 0 saturated carbocycles. The van der Waals surface area contributed by atoms with Crippen molar-refractivity contribution in [1.29, 1.82) is 0 Å². The van der Waals surface area contributed by atoms with Crippen LogP contribution in [0.1, 0.15) is 34.8 Å². The minimum Gasteiger partial charge on any atom is -0.469 e. The van der Waals surface area contributed by atoms with Crippen LogP contribution in [-0.2, 0) is 9.53 Å². The predicted octanol–water partition coefficient (Wildman–Crippen LogP) is 3.99. The number of ketones is 1. The second-order valence-electron chi connectivity index (χ2n) is 4.96. The summed E-state index contributed by atoms with van der Waals surface area (Å²) in [7, 11) is 1.28. The third-order valence-electron chi connectivity index (χ3n) is 3.39. The Morgan fingerprint density at radius 2 is 1.64 bits per heavy atom. The van der Waals surface area contributed by atoms with Crippen molar-refractivity contribution in [2.24, 2.45) is 0 Å². The van der Waals surface area contributed by atoms with Crippen molar-refractivity contribution in [3.05, 3.63) is 71.3 Å². The molecule has 0 aliphatic rings. The molecule has 0 heterocycles. The second kappa shape index (κ2) is 7.36. The number of benzene rings is 2. The average molecular weight is 294 g/mol. The highest BCUT2D eigenvalue weighted by Gasteiger charge is 2.14. The summed E-state index contributed by atoms with van der Waals surface area (Å²) in [5, 5.41) is 0. The van der Waals surface area contributed by atoms with Crippen molar-refractivity contribution in [1.82, 2.24) is 0 Å². The topological polar surface area (TPSA) is 43.4 Å². The van der Waals surface area contributed by atoms with Gasteiger partial charge in [0.25, 0.3) is 0 Å². The van der Waals surface area contributed by atoms with E-state index in [9.17, 15) is 9.59 Å². The lowest BCUT2D eigenvalue weighted by Crippen LogP contribution is -2.10. The van der Waals surface area contributed by atoms with Gasteiger partial charge in [-0.05, 0) is 23.6 Å². The normalized spacial score (nSPS) is 11.1. The Bertz CT molecular complexity index is 700. The van der Waals surface area contributed by atoms with Gasteiger partial charge in [-0.3, -0.25) is 9.59 Å². The van der Waals surface area contributed by atoms with Crippen LogP contribution in [0.5, 0.6) is 0 Å². The molecule has 0 bridgehead atoms. The Labute approximate surface area is 130 Å². The van der Waals surface area contributed by atoms with Gasteiger partial charge in [0.15, 0.2) is 5.78 Å². The Balaban J connectivity index is 2.33. The standard InChI is InChI=1S/C19H18O3/c1-14(15-8-4-3-5-9-15)12-16-10-6-7-11-17(16)18(20)13-19(21)22-2/h3-12H,13H2,1-2H3/b14-12-. The summed E-state index contributed by atoms with van der Waals surface area (Å²) in [4.78, 5) is 23.5. The van der Waals surface area contributed by atoms with E-state index < -0.39 is 5.97 Å². The Hall–Kier alpha value is -2.68. The molecule has 0 N–H and O–H groups in total. The molecule has 3 heteroatoms. The second-order valence-corrected chi connectivity index (χ2v) is 4.96. The van der Waals surface area contributed by atoms with Crippen LogP contribution in [0.15, 0.2) is 54.6 Å². The van der Waals surface area contributed by atoms with Crippen molar-refractivity contribution in [2.45, 2.75) is 13.3 Å². The molecule has 0 fully saturated rings. The molecular formula is C19H18O3. The SMILES string of the molecule is COC(=O)CC(=O)c1ccccc1/C=C(/C)c1ccccc1. The van der Waals surface area contributed by atoms with Gasteiger partial charge in [-0.25, -0.2) is 0 Å². The molecule has 22 heavy (non-hydrogen) atoms. The third kappa shape index (κ3) is 3.92. The van der Waals surface area contributed by atoms with E-state index in [1.807, 2.05) is 55.5 Å². The smallest absolute Gasteiger partial charge is 0.313 e. The molecular weight excluding hydrogens is 276 g/mol. The average Bonchev–Trinajstić information content (AvgIpc) is 2.55. The number of allylic oxidation sites excluding steroid dienone is 1. The number of hydrogen-bond acceptors (Lipinski definition) is 3. The summed E-state index contributed by atoms with van der Waals surface area (Å²) in [5.74, 6) is -0.761. The van der Waals surface area contributed by atoms with Gasteiger partial charge in [0.1, 0.15) is 6.42 Å².